The van der Waals surface area contributed by atoms with Gasteiger partial charge in [-0.15, -0.1) is 0 Å². The van der Waals surface area contributed by atoms with Crippen molar-refractivity contribution in [1.29, 1.82) is 0 Å². The number of aryl methyl sites for hydroxylation is 1. The van der Waals surface area contributed by atoms with Crippen molar-refractivity contribution < 1.29 is 9.59 Å². The quantitative estimate of drug-likeness (QED) is 0.855. The van der Waals surface area contributed by atoms with Crippen LogP contribution in [0, 0.1) is 6.92 Å². The summed E-state index contributed by atoms with van der Waals surface area (Å²) >= 11 is 0. The van der Waals surface area contributed by atoms with E-state index in [4.69, 9.17) is 0 Å². The third-order valence-corrected chi connectivity index (χ3v) is 4.05. The molecule has 1 aromatic rings. The van der Waals surface area contributed by atoms with Crippen LogP contribution in [-0.4, -0.2) is 38.8 Å². The molecule has 1 spiro atoms. The van der Waals surface area contributed by atoms with Crippen molar-refractivity contribution in [2.24, 2.45) is 0 Å². The monoisotopic (exact) mass is 274 g/mol. The van der Waals surface area contributed by atoms with Gasteiger partial charge in [-0.3, -0.25) is 9.59 Å². The van der Waals surface area contributed by atoms with Gasteiger partial charge in [0.15, 0.2) is 0 Å². The summed E-state index contributed by atoms with van der Waals surface area (Å²) in [5.41, 5.74) is 0.117. The van der Waals surface area contributed by atoms with E-state index in [0.29, 0.717) is 12.4 Å². The molecule has 6 nitrogen and oxygen atoms in total. The van der Waals surface area contributed by atoms with Crippen molar-refractivity contribution in [3.63, 3.8) is 0 Å². The van der Waals surface area contributed by atoms with Crippen LogP contribution in [0.15, 0.2) is 12.3 Å². The van der Waals surface area contributed by atoms with E-state index >= 15 is 0 Å². The average Bonchev–Trinajstić information content (AvgIpc) is 2.85. The molecule has 2 amide bonds. The van der Waals surface area contributed by atoms with Gasteiger partial charge in [-0.25, -0.2) is 9.97 Å². The molecule has 1 saturated heterocycles. The van der Waals surface area contributed by atoms with Crippen LogP contribution >= 0.6 is 0 Å². The normalized spacial score (nSPS) is 21.4. The van der Waals surface area contributed by atoms with Crippen molar-refractivity contribution >= 4 is 11.8 Å². The molecule has 0 bridgehead atoms. The lowest BCUT2D eigenvalue weighted by atomic mass is 9.93. The van der Waals surface area contributed by atoms with Crippen LogP contribution < -0.4 is 5.32 Å². The molecule has 0 atom stereocenters. The molecule has 1 aliphatic carbocycles. The second-order valence-electron chi connectivity index (χ2n) is 5.59. The molecule has 0 aromatic carbocycles. The van der Waals surface area contributed by atoms with Crippen LogP contribution in [0.25, 0.3) is 0 Å². The molecule has 6 heteroatoms. The fourth-order valence-electron chi connectivity index (χ4n) is 3.14. The lowest BCUT2D eigenvalue weighted by Crippen LogP contribution is -2.65. The van der Waals surface area contributed by atoms with Crippen molar-refractivity contribution in [3.05, 3.63) is 23.8 Å². The molecular formula is C14H18N4O2. The van der Waals surface area contributed by atoms with Gasteiger partial charge >= 0.3 is 0 Å². The minimum absolute atomic E-state index is 0.0332. The van der Waals surface area contributed by atoms with E-state index in [9.17, 15) is 9.59 Å². The average molecular weight is 274 g/mol. The molecule has 3 rings (SSSR count). The Morgan fingerprint density at radius 2 is 2.10 bits per heavy atom. The second-order valence-corrected chi connectivity index (χ2v) is 5.59. The molecule has 2 heterocycles. The van der Waals surface area contributed by atoms with Gasteiger partial charge in [-0.05, 0) is 25.8 Å². The highest BCUT2D eigenvalue weighted by atomic mass is 16.2. The number of nitrogens with one attached hydrogen (secondary N) is 1. The molecule has 2 fully saturated rings. The van der Waals surface area contributed by atoms with E-state index in [1.807, 2.05) is 6.92 Å². The van der Waals surface area contributed by atoms with Crippen molar-refractivity contribution in [1.82, 2.24) is 20.2 Å². The number of hydrogen-bond donors (Lipinski definition) is 1. The van der Waals surface area contributed by atoms with E-state index < -0.39 is 5.54 Å². The van der Waals surface area contributed by atoms with Crippen LogP contribution in [0.5, 0.6) is 0 Å². The molecule has 1 saturated carbocycles. The maximum atomic E-state index is 12.7. The summed E-state index contributed by atoms with van der Waals surface area (Å²) in [5.74, 6) is 0.634. The Bertz CT molecular complexity index is 552. The lowest BCUT2D eigenvalue weighted by Gasteiger charge is -2.39. The predicted octanol–water partition coefficient (Wildman–Crippen LogP) is 0.556. The topological polar surface area (TPSA) is 75.2 Å². The second kappa shape index (κ2) is 4.85. The summed E-state index contributed by atoms with van der Waals surface area (Å²) in [4.78, 5) is 34.5. The number of amides is 2. The predicted molar refractivity (Wildman–Crippen MR) is 71.5 cm³/mol. The first-order chi connectivity index (χ1) is 9.59. The zero-order valence-electron chi connectivity index (χ0n) is 11.6. The molecule has 20 heavy (non-hydrogen) atoms. The summed E-state index contributed by atoms with van der Waals surface area (Å²) < 4.78 is 0. The molecule has 106 valence electrons. The van der Waals surface area contributed by atoms with Crippen molar-refractivity contribution in [3.8, 4) is 0 Å². The maximum absolute atomic E-state index is 12.7. The highest BCUT2D eigenvalue weighted by molar-refractivity contribution is 5.98. The number of hydrogen-bond acceptors (Lipinski definition) is 4. The van der Waals surface area contributed by atoms with Crippen molar-refractivity contribution in [2.45, 2.75) is 44.7 Å². The molecular weight excluding hydrogens is 256 g/mol. The van der Waals surface area contributed by atoms with Crippen LogP contribution in [0.2, 0.25) is 0 Å². The Kier molecular flexibility index (Phi) is 3.16. The highest BCUT2D eigenvalue weighted by Gasteiger charge is 2.48. The van der Waals surface area contributed by atoms with Crippen LogP contribution in [0.4, 0.5) is 0 Å². The maximum Gasteiger partial charge on any atom is 0.249 e. The standard InChI is InChI=1S/C14H18N4O2/c1-10-15-7-4-11(16-10)8-18-9-12(19)17-14(13(18)20)5-2-3-6-14/h4,7H,2-3,5-6,8-9H2,1H3,(H,17,19). The van der Waals surface area contributed by atoms with E-state index in [1.165, 1.54) is 0 Å². The Morgan fingerprint density at radius 3 is 2.80 bits per heavy atom. The number of carbonyl (C=O) groups is 2. The first-order valence-corrected chi connectivity index (χ1v) is 6.98. The summed E-state index contributed by atoms with van der Waals surface area (Å²) in [6, 6.07) is 1.79. The third-order valence-electron chi connectivity index (χ3n) is 4.05. The van der Waals surface area contributed by atoms with Gasteiger partial charge < -0.3 is 10.2 Å². The Labute approximate surface area is 117 Å². The Morgan fingerprint density at radius 1 is 1.35 bits per heavy atom. The van der Waals surface area contributed by atoms with E-state index in [1.54, 1.807) is 17.2 Å². The Balaban J connectivity index is 1.81. The van der Waals surface area contributed by atoms with Crippen LogP contribution in [0.3, 0.4) is 0 Å². The number of aromatic nitrogens is 2. The largest absolute Gasteiger partial charge is 0.340 e. The van der Waals surface area contributed by atoms with Gasteiger partial charge in [-0.1, -0.05) is 12.8 Å². The molecule has 0 unspecified atom stereocenters. The highest BCUT2D eigenvalue weighted by Crippen LogP contribution is 2.33. The van der Waals surface area contributed by atoms with E-state index in [-0.39, 0.29) is 18.4 Å². The SMILES string of the molecule is Cc1nccc(CN2CC(=O)NC3(CCCC3)C2=O)n1. The third kappa shape index (κ3) is 2.26. The molecule has 1 N–H and O–H groups in total. The van der Waals surface area contributed by atoms with Crippen LogP contribution in [-0.2, 0) is 16.1 Å². The molecule has 0 radical (unpaired) electrons. The Hall–Kier alpha value is -1.98. The first kappa shape index (κ1) is 13.0. The van der Waals surface area contributed by atoms with Gasteiger partial charge in [-0.2, -0.15) is 0 Å². The van der Waals surface area contributed by atoms with E-state index in [0.717, 1.165) is 31.4 Å². The van der Waals surface area contributed by atoms with Gasteiger partial charge in [0.25, 0.3) is 0 Å². The summed E-state index contributed by atoms with van der Waals surface area (Å²) in [5, 5.41) is 2.91. The summed E-state index contributed by atoms with van der Waals surface area (Å²) in [6.07, 6.45) is 5.16. The van der Waals surface area contributed by atoms with Crippen molar-refractivity contribution in [2.75, 3.05) is 6.54 Å². The van der Waals surface area contributed by atoms with Gasteiger partial charge in [0.05, 0.1) is 12.2 Å². The number of rotatable bonds is 2. The van der Waals surface area contributed by atoms with Gasteiger partial charge in [0.1, 0.15) is 17.9 Å². The number of carbonyl (C=O) groups excluding carboxylic acids is 2. The first-order valence-electron chi connectivity index (χ1n) is 6.98. The van der Waals surface area contributed by atoms with Gasteiger partial charge in [0.2, 0.25) is 11.8 Å². The smallest absolute Gasteiger partial charge is 0.249 e. The van der Waals surface area contributed by atoms with Gasteiger partial charge in [0, 0.05) is 6.20 Å². The lowest BCUT2D eigenvalue weighted by molar-refractivity contribution is -0.150. The fraction of sp³-hybridized carbons (Fsp3) is 0.571. The zero-order valence-corrected chi connectivity index (χ0v) is 11.6. The molecule has 1 aliphatic heterocycles. The number of nitrogens with zero attached hydrogens (tertiary/aromatic N) is 3. The number of piperazine rings is 1. The molecule has 2 aliphatic rings. The molecule has 1 aromatic heterocycles. The summed E-state index contributed by atoms with van der Waals surface area (Å²) in [6.45, 7) is 2.30. The minimum Gasteiger partial charge on any atom is -0.340 e. The summed E-state index contributed by atoms with van der Waals surface area (Å²) in [7, 11) is 0. The van der Waals surface area contributed by atoms with Crippen LogP contribution in [0.1, 0.15) is 37.2 Å². The zero-order chi connectivity index (χ0) is 14.2. The van der Waals surface area contributed by atoms with E-state index in [2.05, 4.69) is 15.3 Å². The fourth-order valence-corrected chi connectivity index (χ4v) is 3.14. The minimum atomic E-state index is -0.655.